The second kappa shape index (κ2) is 10.4. The summed E-state index contributed by atoms with van der Waals surface area (Å²) in [5, 5.41) is 3.26. The van der Waals surface area contributed by atoms with E-state index in [0.717, 1.165) is 69.8 Å². The van der Waals surface area contributed by atoms with E-state index in [1.54, 1.807) is 11.8 Å². The van der Waals surface area contributed by atoms with Crippen molar-refractivity contribution in [3.05, 3.63) is 53.3 Å². The van der Waals surface area contributed by atoms with Crippen molar-refractivity contribution in [3.63, 3.8) is 0 Å². The first-order chi connectivity index (χ1) is 15.2. The van der Waals surface area contributed by atoms with Crippen molar-refractivity contribution in [2.24, 2.45) is 0 Å². The predicted octanol–water partition coefficient (Wildman–Crippen LogP) is 5.14. The van der Waals surface area contributed by atoms with Crippen LogP contribution < -0.4 is 10.2 Å². The molecule has 1 saturated heterocycles. The van der Waals surface area contributed by atoms with Gasteiger partial charge in [-0.2, -0.15) is 0 Å². The van der Waals surface area contributed by atoms with Crippen LogP contribution in [-0.4, -0.2) is 48.8 Å². The molecule has 172 valence electrons. The van der Waals surface area contributed by atoms with E-state index >= 15 is 0 Å². The molecule has 1 atom stereocenters. The van der Waals surface area contributed by atoms with E-state index in [-0.39, 0.29) is 29.4 Å². The number of fused-ring (bicyclic) bond motifs is 3. The number of benzene rings is 2. The predicted molar refractivity (Wildman–Crippen MR) is 133 cm³/mol. The molecule has 3 aliphatic rings. The van der Waals surface area contributed by atoms with Gasteiger partial charge in [0.2, 0.25) is 5.91 Å². The third-order valence-electron chi connectivity index (χ3n) is 6.81. The Morgan fingerprint density at radius 2 is 1.75 bits per heavy atom. The van der Waals surface area contributed by atoms with Crippen LogP contribution in [0.25, 0.3) is 0 Å². The summed E-state index contributed by atoms with van der Waals surface area (Å²) in [5.74, 6) is -0.00730. The van der Waals surface area contributed by atoms with Gasteiger partial charge in [0.1, 0.15) is 5.82 Å². The second-order valence-corrected chi connectivity index (χ2v) is 10.1. The Bertz CT molecular complexity index is 947. The van der Waals surface area contributed by atoms with E-state index in [4.69, 9.17) is 0 Å². The molecule has 0 spiro atoms. The molecule has 4 nitrogen and oxygen atoms in total. The Morgan fingerprint density at radius 3 is 2.53 bits per heavy atom. The standard InChI is InChI=1S/C25H30FN3OS.ClH/c26-19-8-10-20(11-9-19)29-16-14-28(15-17-29)13-3-6-23-25(30)27-24-21-5-2-1-4-18(21)7-12-22(24)31-23;/h7-12,23H,1-6,13-17H2,(H,27,30);1H. The van der Waals surface area contributed by atoms with Crippen molar-refractivity contribution >= 4 is 41.5 Å². The van der Waals surface area contributed by atoms with Crippen LogP contribution in [0.3, 0.4) is 0 Å². The molecule has 2 heterocycles. The summed E-state index contributed by atoms with van der Waals surface area (Å²) in [6.45, 7) is 4.97. The fourth-order valence-corrected chi connectivity index (χ4v) is 6.22. The van der Waals surface area contributed by atoms with E-state index in [0.29, 0.717) is 0 Å². The number of carbonyl (C=O) groups is 1. The van der Waals surface area contributed by atoms with E-state index in [9.17, 15) is 9.18 Å². The van der Waals surface area contributed by atoms with E-state index in [1.165, 1.54) is 41.0 Å². The minimum absolute atomic E-state index is 0. The lowest BCUT2D eigenvalue weighted by molar-refractivity contribution is -0.116. The fourth-order valence-electron chi connectivity index (χ4n) is 5.02. The number of rotatable bonds is 5. The molecule has 5 rings (SSSR count). The Balaban J connectivity index is 0.00000245. The number of nitrogens with zero attached hydrogens (tertiary/aromatic N) is 2. The van der Waals surface area contributed by atoms with Crippen LogP contribution in [0.1, 0.15) is 36.8 Å². The molecule has 7 heteroatoms. The lowest BCUT2D eigenvalue weighted by atomic mass is 9.90. The van der Waals surface area contributed by atoms with E-state index < -0.39 is 0 Å². The summed E-state index contributed by atoms with van der Waals surface area (Å²) in [6, 6.07) is 11.3. The second-order valence-electron chi connectivity index (χ2n) is 8.83. The van der Waals surface area contributed by atoms with Crippen LogP contribution in [-0.2, 0) is 17.6 Å². The first-order valence-corrected chi connectivity index (χ1v) is 12.4. The number of carbonyl (C=O) groups excluding carboxylic acids is 1. The van der Waals surface area contributed by atoms with Crippen LogP contribution in [0.2, 0.25) is 0 Å². The summed E-state index contributed by atoms with van der Waals surface area (Å²) in [4.78, 5) is 18.8. The third kappa shape index (κ3) is 5.08. The molecular weight excluding hydrogens is 445 g/mol. The number of halogens is 2. The number of hydrogen-bond acceptors (Lipinski definition) is 4. The Labute approximate surface area is 200 Å². The Kier molecular flexibility index (Phi) is 7.64. The summed E-state index contributed by atoms with van der Waals surface area (Å²) in [6.07, 6.45) is 6.65. The number of anilines is 2. The van der Waals surface area contributed by atoms with Crippen molar-refractivity contribution in [2.45, 2.75) is 48.7 Å². The minimum atomic E-state index is -0.186. The fraction of sp³-hybridized carbons (Fsp3) is 0.480. The van der Waals surface area contributed by atoms with E-state index in [1.807, 2.05) is 12.1 Å². The van der Waals surface area contributed by atoms with Crippen molar-refractivity contribution < 1.29 is 9.18 Å². The molecular formula is C25H31ClFN3OS. The number of amides is 1. The summed E-state index contributed by atoms with van der Waals surface area (Å²) < 4.78 is 13.1. The monoisotopic (exact) mass is 475 g/mol. The van der Waals surface area contributed by atoms with Crippen molar-refractivity contribution in [1.29, 1.82) is 0 Å². The molecule has 0 saturated carbocycles. The van der Waals surface area contributed by atoms with Gasteiger partial charge in [-0.25, -0.2) is 4.39 Å². The number of aryl methyl sites for hydroxylation is 1. The molecule has 1 amide bonds. The minimum Gasteiger partial charge on any atom is -0.369 e. The van der Waals surface area contributed by atoms with Gasteiger partial charge in [-0.15, -0.1) is 24.2 Å². The van der Waals surface area contributed by atoms with Gasteiger partial charge in [0.05, 0.1) is 10.9 Å². The molecule has 1 aliphatic carbocycles. The van der Waals surface area contributed by atoms with Crippen molar-refractivity contribution in [3.8, 4) is 0 Å². The molecule has 1 fully saturated rings. The van der Waals surface area contributed by atoms with Gasteiger partial charge in [-0.3, -0.25) is 9.69 Å². The number of piperazine rings is 1. The first kappa shape index (κ1) is 23.4. The molecule has 2 aromatic carbocycles. The average Bonchev–Trinajstić information content (AvgIpc) is 2.80. The molecule has 1 unspecified atom stereocenters. The normalized spacial score (nSPS) is 20.7. The van der Waals surface area contributed by atoms with Crippen LogP contribution >= 0.6 is 24.2 Å². The van der Waals surface area contributed by atoms with Gasteiger partial charge < -0.3 is 10.2 Å². The lowest BCUT2D eigenvalue weighted by Crippen LogP contribution is -2.46. The van der Waals surface area contributed by atoms with Crippen LogP contribution in [0.5, 0.6) is 0 Å². The number of nitrogens with one attached hydrogen (secondary N) is 1. The zero-order valence-electron chi connectivity index (χ0n) is 18.3. The quantitative estimate of drug-likeness (QED) is 0.649. The van der Waals surface area contributed by atoms with Crippen LogP contribution in [0.4, 0.5) is 15.8 Å². The van der Waals surface area contributed by atoms with Gasteiger partial charge in [0.25, 0.3) is 0 Å². The highest BCUT2D eigenvalue weighted by Crippen LogP contribution is 2.42. The van der Waals surface area contributed by atoms with Gasteiger partial charge in [-0.1, -0.05) is 6.07 Å². The first-order valence-electron chi connectivity index (χ1n) is 11.5. The topological polar surface area (TPSA) is 35.6 Å². The van der Waals surface area contributed by atoms with Gasteiger partial charge in [0.15, 0.2) is 0 Å². The Morgan fingerprint density at radius 1 is 1.00 bits per heavy atom. The highest BCUT2D eigenvalue weighted by atomic mass is 35.5. The molecule has 0 aromatic heterocycles. The summed E-state index contributed by atoms with van der Waals surface area (Å²) in [7, 11) is 0. The third-order valence-corrected chi connectivity index (χ3v) is 8.14. The SMILES string of the molecule is Cl.O=C1Nc2c(ccc3c2CCCC3)SC1CCCN1CCN(c2ccc(F)cc2)CC1. The smallest absolute Gasteiger partial charge is 0.237 e. The summed E-state index contributed by atoms with van der Waals surface area (Å²) >= 11 is 1.75. The van der Waals surface area contributed by atoms with Gasteiger partial charge >= 0.3 is 0 Å². The maximum Gasteiger partial charge on any atom is 0.237 e. The lowest BCUT2D eigenvalue weighted by Gasteiger charge is -2.36. The van der Waals surface area contributed by atoms with Crippen molar-refractivity contribution in [1.82, 2.24) is 4.90 Å². The maximum atomic E-state index is 13.1. The highest BCUT2D eigenvalue weighted by Gasteiger charge is 2.30. The maximum absolute atomic E-state index is 13.1. The van der Waals surface area contributed by atoms with E-state index in [2.05, 4.69) is 27.2 Å². The molecule has 2 aromatic rings. The Hall–Kier alpha value is -1.76. The van der Waals surface area contributed by atoms with Crippen molar-refractivity contribution in [2.75, 3.05) is 42.9 Å². The van der Waals surface area contributed by atoms with Gasteiger partial charge in [-0.05, 0) is 86.5 Å². The van der Waals surface area contributed by atoms with Crippen LogP contribution in [0.15, 0.2) is 41.3 Å². The zero-order chi connectivity index (χ0) is 21.2. The van der Waals surface area contributed by atoms with Gasteiger partial charge in [0, 0.05) is 36.8 Å². The molecule has 1 N–H and O–H groups in total. The number of hydrogen-bond donors (Lipinski definition) is 1. The number of thioether (sulfide) groups is 1. The molecule has 32 heavy (non-hydrogen) atoms. The van der Waals surface area contributed by atoms with Crippen LogP contribution in [0, 0.1) is 5.82 Å². The zero-order valence-corrected chi connectivity index (χ0v) is 19.9. The molecule has 2 aliphatic heterocycles. The average molecular weight is 476 g/mol. The summed E-state index contributed by atoms with van der Waals surface area (Å²) in [5.41, 5.74) is 4.99. The largest absolute Gasteiger partial charge is 0.369 e. The molecule has 0 bridgehead atoms. The highest BCUT2D eigenvalue weighted by molar-refractivity contribution is 8.01. The molecule has 0 radical (unpaired) electrons.